The molecular formula is C16H17F3N6. The molecule has 6 nitrogen and oxygen atoms in total. The van der Waals surface area contributed by atoms with Gasteiger partial charge in [0.2, 0.25) is 5.95 Å². The van der Waals surface area contributed by atoms with E-state index in [1.165, 1.54) is 6.20 Å². The molecule has 0 aliphatic carbocycles. The van der Waals surface area contributed by atoms with Crippen LogP contribution in [0.5, 0.6) is 0 Å². The third-order valence-electron chi connectivity index (χ3n) is 4.81. The van der Waals surface area contributed by atoms with Crippen molar-refractivity contribution >= 4 is 11.8 Å². The molecule has 4 heterocycles. The van der Waals surface area contributed by atoms with Crippen LogP contribution in [0.25, 0.3) is 0 Å². The van der Waals surface area contributed by atoms with Gasteiger partial charge in [-0.3, -0.25) is 0 Å². The van der Waals surface area contributed by atoms with Gasteiger partial charge in [-0.15, -0.1) is 5.10 Å². The minimum atomic E-state index is -4.45. The molecule has 0 radical (unpaired) electrons. The van der Waals surface area contributed by atoms with E-state index in [1.54, 1.807) is 0 Å². The van der Waals surface area contributed by atoms with Gasteiger partial charge in [0.1, 0.15) is 5.69 Å². The number of nitrogens with zero attached hydrogens (tertiary/aromatic N) is 6. The molecule has 4 rings (SSSR count). The van der Waals surface area contributed by atoms with Crippen LogP contribution >= 0.6 is 0 Å². The van der Waals surface area contributed by atoms with E-state index in [2.05, 4.69) is 25.1 Å². The Labute approximate surface area is 142 Å². The SMILES string of the molecule is Cc1ccc(N2CC3CN(c4nccc(C(F)(F)F)n4)CC3C2)nn1. The van der Waals surface area contributed by atoms with E-state index in [0.29, 0.717) is 24.9 Å². The lowest BCUT2D eigenvalue weighted by molar-refractivity contribution is -0.141. The van der Waals surface area contributed by atoms with Gasteiger partial charge < -0.3 is 9.80 Å². The minimum Gasteiger partial charge on any atom is -0.354 e. The first-order valence-corrected chi connectivity index (χ1v) is 8.10. The molecule has 0 saturated carbocycles. The van der Waals surface area contributed by atoms with Gasteiger partial charge in [0.25, 0.3) is 0 Å². The summed E-state index contributed by atoms with van der Waals surface area (Å²) in [5.41, 5.74) is -0.0258. The zero-order valence-corrected chi connectivity index (χ0v) is 13.6. The van der Waals surface area contributed by atoms with Crippen molar-refractivity contribution < 1.29 is 13.2 Å². The van der Waals surface area contributed by atoms with Gasteiger partial charge in [-0.2, -0.15) is 18.3 Å². The van der Waals surface area contributed by atoms with Gasteiger partial charge in [-0.25, -0.2) is 9.97 Å². The smallest absolute Gasteiger partial charge is 0.354 e. The normalized spacial score (nSPS) is 23.2. The standard InChI is InChI=1S/C16H17F3N6/c1-10-2-3-14(23-22-10)24-6-11-8-25(9-12(11)7-24)15-20-5-4-13(21-15)16(17,18)19/h2-5,11-12H,6-9H2,1H3. The molecule has 0 aromatic carbocycles. The van der Waals surface area contributed by atoms with Crippen LogP contribution < -0.4 is 9.80 Å². The molecule has 2 aromatic rings. The lowest BCUT2D eigenvalue weighted by atomic mass is 10.0. The molecule has 2 aromatic heterocycles. The summed E-state index contributed by atoms with van der Waals surface area (Å²) >= 11 is 0. The molecule has 2 fully saturated rings. The predicted molar refractivity (Wildman–Crippen MR) is 85.2 cm³/mol. The Morgan fingerprint density at radius 2 is 1.64 bits per heavy atom. The van der Waals surface area contributed by atoms with Crippen LogP contribution in [-0.4, -0.2) is 46.3 Å². The van der Waals surface area contributed by atoms with Gasteiger partial charge in [0, 0.05) is 44.2 Å². The van der Waals surface area contributed by atoms with Gasteiger partial charge in [0.15, 0.2) is 5.82 Å². The van der Waals surface area contributed by atoms with Crippen LogP contribution in [0.15, 0.2) is 24.4 Å². The average Bonchev–Trinajstić information content (AvgIpc) is 3.14. The number of alkyl halides is 3. The van der Waals surface area contributed by atoms with Crippen LogP contribution in [0, 0.1) is 18.8 Å². The average molecular weight is 350 g/mol. The number of halogens is 3. The van der Waals surface area contributed by atoms with Crippen LogP contribution in [0.2, 0.25) is 0 Å². The van der Waals surface area contributed by atoms with Crippen LogP contribution in [0.4, 0.5) is 24.9 Å². The summed E-state index contributed by atoms with van der Waals surface area (Å²) in [6.07, 6.45) is -3.28. The van der Waals surface area contributed by atoms with E-state index in [9.17, 15) is 13.2 Å². The van der Waals surface area contributed by atoms with Crippen LogP contribution in [0.3, 0.4) is 0 Å². The Bertz CT molecular complexity index is 749. The van der Waals surface area contributed by atoms with Crippen molar-refractivity contribution in [2.24, 2.45) is 11.8 Å². The van der Waals surface area contributed by atoms with Crippen molar-refractivity contribution in [2.45, 2.75) is 13.1 Å². The molecule has 25 heavy (non-hydrogen) atoms. The first-order chi connectivity index (χ1) is 11.9. The van der Waals surface area contributed by atoms with E-state index in [0.717, 1.165) is 30.7 Å². The number of hydrogen-bond acceptors (Lipinski definition) is 6. The molecule has 9 heteroatoms. The zero-order valence-electron chi connectivity index (χ0n) is 13.6. The molecule has 2 saturated heterocycles. The summed E-state index contributed by atoms with van der Waals surface area (Å²) in [6, 6.07) is 4.79. The molecule has 2 aliphatic rings. The van der Waals surface area contributed by atoms with Gasteiger partial charge in [0.05, 0.1) is 5.69 Å². The topological polar surface area (TPSA) is 58.0 Å². The second-order valence-electron chi connectivity index (χ2n) is 6.60. The molecule has 2 unspecified atom stereocenters. The molecule has 0 N–H and O–H groups in total. The lowest BCUT2D eigenvalue weighted by Gasteiger charge is -2.22. The Morgan fingerprint density at radius 3 is 2.24 bits per heavy atom. The quantitative estimate of drug-likeness (QED) is 0.827. The summed E-state index contributed by atoms with van der Waals surface area (Å²) in [7, 11) is 0. The monoisotopic (exact) mass is 350 g/mol. The van der Waals surface area contributed by atoms with Crippen molar-refractivity contribution in [3.05, 3.63) is 35.8 Å². The summed E-state index contributed by atoms with van der Waals surface area (Å²) in [4.78, 5) is 11.8. The highest BCUT2D eigenvalue weighted by Crippen LogP contribution is 2.35. The minimum absolute atomic E-state index is 0.158. The highest BCUT2D eigenvalue weighted by molar-refractivity contribution is 5.42. The van der Waals surface area contributed by atoms with Crippen molar-refractivity contribution in [3.63, 3.8) is 0 Å². The Morgan fingerprint density at radius 1 is 0.960 bits per heavy atom. The number of anilines is 2. The first-order valence-electron chi connectivity index (χ1n) is 8.10. The van der Waals surface area contributed by atoms with E-state index < -0.39 is 11.9 Å². The summed E-state index contributed by atoms with van der Waals surface area (Å²) in [5.74, 6) is 1.73. The van der Waals surface area contributed by atoms with Crippen molar-refractivity contribution in [3.8, 4) is 0 Å². The van der Waals surface area contributed by atoms with E-state index in [4.69, 9.17) is 0 Å². The number of hydrogen-bond donors (Lipinski definition) is 0. The fourth-order valence-corrected chi connectivity index (χ4v) is 3.56. The summed E-state index contributed by atoms with van der Waals surface area (Å²) in [6.45, 7) is 4.84. The second-order valence-corrected chi connectivity index (χ2v) is 6.60. The molecule has 0 bridgehead atoms. The molecule has 132 valence electrons. The second kappa shape index (κ2) is 5.82. The van der Waals surface area contributed by atoms with Crippen LogP contribution in [-0.2, 0) is 6.18 Å². The number of fused-ring (bicyclic) bond motifs is 1. The third kappa shape index (κ3) is 3.10. The molecule has 0 amide bonds. The third-order valence-corrected chi connectivity index (χ3v) is 4.81. The number of rotatable bonds is 2. The lowest BCUT2D eigenvalue weighted by Crippen LogP contribution is -2.30. The van der Waals surface area contributed by atoms with E-state index in [1.807, 2.05) is 24.0 Å². The highest BCUT2D eigenvalue weighted by Gasteiger charge is 2.42. The number of aryl methyl sites for hydroxylation is 1. The van der Waals surface area contributed by atoms with Crippen molar-refractivity contribution in [2.75, 3.05) is 36.0 Å². The van der Waals surface area contributed by atoms with E-state index in [-0.39, 0.29) is 5.95 Å². The largest absolute Gasteiger partial charge is 0.433 e. The number of aromatic nitrogens is 4. The Hall–Kier alpha value is -2.45. The fourth-order valence-electron chi connectivity index (χ4n) is 3.56. The van der Waals surface area contributed by atoms with Crippen LogP contribution in [0.1, 0.15) is 11.4 Å². The highest BCUT2D eigenvalue weighted by atomic mass is 19.4. The zero-order chi connectivity index (χ0) is 17.6. The maximum atomic E-state index is 12.8. The van der Waals surface area contributed by atoms with Gasteiger partial charge >= 0.3 is 6.18 Å². The molecule has 2 atom stereocenters. The van der Waals surface area contributed by atoms with E-state index >= 15 is 0 Å². The van der Waals surface area contributed by atoms with Crippen molar-refractivity contribution in [1.29, 1.82) is 0 Å². The maximum absolute atomic E-state index is 12.8. The first kappa shape index (κ1) is 16.0. The fraction of sp³-hybridized carbons (Fsp3) is 0.500. The summed E-state index contributed by atoms with van der Waals surface area (Å²) in [5, 5.41) is 8.30. The molecule has 0 spiro atoms. The maximum Gasteiger partial charge on any atom is 0.433 e. The van der Waals surface area contributed by atoms with Crippen molar-refractivity contribution in [1.82, 2.24) is 20.2 Å². The molecular weight excluding hydrogens is 333 g/mol. The van der Waals surface area contributed by atoms with Gasteiger partial charge in [-0.1, -0.05) is 0 Å². The predicted octanol–water partition coefficient (Wildman–Crippen LogP) is 2.17. The van der Waals surface area contributed by atoms with Gasteiger partial charge in [-0.05, 0) is 25.1 Å². The summed E-state index contributed by atoms with van der Waals surface area (Å²) < 4.78 is 38.5. The Balaban J connectivity index is 1.45. The Kier molecular flexibility index (Phi) is 3.73. The molecule has 2 aliphatic heterocycles.